The maximum absolute atomic E-state index is 6.67. The van der Waals surface area contributed by atoms with E-state index in [0.717, 1.165) is 10.8 Å². The van der Waals surface area contributed by atoms with E-state index < -0.39 is 42.3 Å². The van der Waals surface area contributed by atoms with Gasteiger partial charge in [0.05, 0.1) is 11.2 Å². The van der Waals surface area contributed by atoms with Gasteiger partial charge in [0.1, 0.15) is 34.4 Å². The van der Waals surface area contributed by atoms with Gasteiger partial charge in [0.2, 0.25) is 25.0 Å². The van der Waals surface area contributed by atoms with Gasteiger partial charge in [-0.3, -0.25) is 0 Å². The third-order valence-corrected chi connectivity index (χ3v) is 12.9. The molecule has 0 aromatic heterocycles. The summed E-state index contributed by atoms with van der Waals surface area (Å²) < 4.78 is 32.1. The first-order valence-corrected chi connectivity index (χ1v) is 27.7. The van der Waals surface area contributed by atoms with Gasteiger partial charge in [0.15, 0.2) is 0 Å². The van der Waals surface area contributed by atoms with E-state index in [1.807, 2.05) is 6.26 Å². The summed E-state index contributed by atoms with van der Waals surface area (Å²) in [5.41, 5.74) is -0.540. The fourth-order valence-corrected chi connectivity index (χ4v) is 12.7. The highest BCUT2D eigenvalue weighted by Crippen LogP contribution is 2.25. The molecule has 0 aromatic rings. The topological polar surface area (TPSA) is 46.2 Å². The van der Waals surface area contributed by atoms with Crippen molar-refractivity contribution >= 4 is 42.3 Å². The average molecular weight is 537 g/mol. The largest absolute Gasteiger partial charge is 0.547 e. The van der Waals surface area contributed by atoms with Crippen LogP contribution in [-0.2, 0) is 22.8 Å². The summed E-state index contributed by atoms with van der Waals surface area (Å²) in [5, 5.41) is 1.99. The van der Waals surface area contributed by atoms with E-state index >= 15 is 0 Å². The van der Waals surface area contributed by atoms with Crippen LogP contribution in [0.15, 0.2) is 23.0 Å². The zero-order chi connectivity index (χ0) is 25.8. The molecule has 0 rings (SSSR count). The highest BCUT2D eigenvalue weighted by molar-refractivity contribution is 7.18. The van der Waals surface area contributed by atoms with Crippen molar-refractivity contribution in [2.75, 3.05) is 0 Å². The SMILES string of the molecule is C[SiH]([SiH2]C(O[Si](C)(C)C)=C(O[Si](C)(C)C)O[Si](C)(C)C)C(=COC(C)(C)C)OC(C)(C)C. The van der Waals surface area contributed by atoms with E-state index in [2.05, 4.69) is 107 Å². The molecule has 1 atom stereocenters. The van der Waals surface area contributed by atoms with Crippen molar-refractivity contribution < 1.29 is 22.8 Å². The zero-order valence-electron chi connectivity index (χ0n) is 23.9. The first-order valence-electron chi connectivity index (χ1n) is 11.7. The normalized spacial score (nSPS) is 15.4. The maximum atomic E-state index is 6.67. The molecule has 5 nitrogen and oxygen atoms in total. The molecular weight excluding hydrogens is 485 g/mol. The minimum absolute atomic E-state index is 0.261. The predicted octanol–water partition coefficient (Wildman–Crippen LogP) is 6.20. The molecule has 0 radical (unpaired) electrons. The van der Waals surface area contributed by atoms with Crippen molar-refractivity contribution in [3.8, 4) is 0 Å². The fourth-order valence-electron chi connectivity index (χ4n) is 2.44. The molecule has 0 N–H and O–H groups in total. The van der Waals surface area contributed by atoms with Gasteiger partial charge < -0.3 is 22.8 Å². The highest BCUT2D eigenvalue weighted by atomic mass is 29.2. The first-order chi connectivity index (χ1) is 13.9. The molecule has 0 heterocycles. The molecule has 0 spiro atoms. The summed E-state index contributed by atoms with van der Waals surface area (Å²) in [6.45, 7) is 34.6. The molecule has 1 unspecified atom stereocenters. The quantitative estimate of drug-likeness (QED) is 0.232. The van der Waals surface area contributed by atoms with Crippen LogP contribution < -0.4 is 0 Å². The van der Waals surface area contributed by atoms with E-state index in [1.54, 1.807) is 0 Å². The van der Waals surface area contributed by atoms with Gasteiger partial charge in [-0.25, -0.2) is 0 Å². The number of hydrogen-bond acceptors (Lipinski definition) is 5. The Hall–Kier alpha value is -0.436. The van der Waals surface area contributed by atoms with Gasteiger partial charge in [-0.1, -0.05) is 6.55 Å². The van der Waals surface area contributed by atoms with Crippen molar-refractivity contribution in [1.29, 1.82) is 0 Å². The molecular formula is C22H52O5Si5. The van der Waals surface area contributed by atoms with Crippen molar-refractivity contribution in [3.05, 3.63) is 23.0 Å². The lowest BCUT2D eigenvalue weighted by molar-refractivity contribution is 0.0356. The van der Waals surface area contributed by atoms with Crippen molar-refractivity contribution in [2.45, 2.75) is 118 Å². The summed E-state index contributed by atoms with van der Waals surface area (Å²) in [6, 6.07) is 0. The highest BCUT2D eigenvalue weighted by Gasteiger charge is 2.32. The van der Waals surface area contributed by atoms with Crippen LogP contribution in [0.5, 0.6) is 0 Å². The average Bonchev–Trinajstić information content (AvgIpc) is 2.43. The predicted molar refractivity (Wildman–Crippen MR) is 152 cm³/mol. The minimum Gasteiger partial charge on any atom is -0.547 e. The molecule has 0 aliphatic carbocycles. The Labute approximate surface area is 205 Å². The third-order valence-electron chi connectivity index (χ3n) is 3.38. The van der Waals surface area contributed by atoms with Gasteiger partial charge in [0, 0.05) is 0 Å². The lowest BCUT2D eigenvalue weighted by Crippen LogP contribution is -2.39. The molecule has 0 aliphatic rings. The Morgan fingerprint density at radius 3 is 1.41 bits per heavy atom. The van der Waals surface area contributed by atoms with E-state index in [4.69, 9.17) is 22.8 Å². The van der Waals surface area contributed by atoms with Gasteiger partial charge in [-0.15, -0.1) is 0 Å². The standard InChI is InChI=1S/C22H52O5Si5/c1-21(2,3)23-17-18(24-22(4,5)6)29(7)28-20(27-32(14,15)16)19(25-30(8,9)10)26-31(11,12)13/h17,29H,28H2,1-16H3. The zero-order valence-corrected chi connectivity index (χ0v) is 29.5. The van der Waals surface area contributed by atoms with E-state index in [9.17, 15) is 0 Å². The number of rotatable bonds is 11. The fraction of sp³-hybridized carbons (Fsp3) is 0.818. The van der Waals surface area contributed by atoms with Crippen LogP contribution in [0.4, 0.5) is 0 Å². The lowest BCUT2D eigenvalue weighted by Gasteiger charge is -2.33. The van der Waals surface area contributed by atoms with Crippen LogP contribution in [0.2, 0.25) is 65.5 Å². The molecule has 0 saturated heterocycles. The van der Waals surface area contributed by atoms with Crippen molar-refractivity contribution in [2.24, 2.45) is 0 Å². The van der Waals surface area contributed by atoms with E-state index in [0.29, 0.717) is 5.95 Å². The summed E-state index contributed by atoms with van der Waals surface area (Å²) in [7, 11) is -7.92. The molecule has 0 fully saturated rings. The smallest absolute Gasteiger partial charge is 0.283 e. The van der Waals surface area contributed by atoms with Crippen molar-refractivity contribution in [3.63, 3.8) is 0 Å². The molecule has 0 bridgehead atoms. The summed E-state index contributed by atoms with van der Waals surface area (Å²) in [5.74, 6) is 0.670. The Bertz CT molecular complexity index is 639. The molecule has 190 valence electrons. The van der Waals surface area contributed by atoms with Crippen LogP contribution in [0.3, 0.4) is 0 Å². The lowest BCUT2D eigenvalue weighted by atomic mass is 10.2. The Balaban J connectivity index is 6.34. The molecule has 10 heteroatoms. The Kier molecular flexibility index (Phi) is 11.2. The Morgan fingerprint density at radius 1 is 0.688 bits per heavy atom. The summed E-state index contributed by atoms with van der Waals surface area (Å²) in [6.07, 6.45) is 1.86. The van der Waals surface area contributed by atoms with Crippen LogP contribution >= 0.6 is 0 Å². The third kappa shape index (κ3) is 17.1. The monoisotopic (exact) mass is 536 g/mol. The maximum Gasteiger partial charge on any atom is 0.283 e. The number of hydrogen-bond donors (Lipinski definition) is 0. The van der Waals surface area contributed by atoms with Crippen LogP contribution in [-0.4, -0.2) is 53.5 Å². The molecule has 0 aliphatic heterocycles. The van der Waals surface area contributed by atoms with E-state index in [-0.39, 0.29) is 11.2 Å². The van der Waals surface area contributed by atoms with Gasteiger partial charge in [-0.2, -0.15) is 0 Å². The van der Waals surface area contributed by atoms with Crippen LogP contribution in [0.25, 0.3) is 0 Å². The molecule has 32 heavy (non-hydrogen) atoms. The second-order valence-corrected chi connectivity index (χ2v) is 35.0. The molecule has 0 aromatic carbocycles. The first kappa shape index (κ1) is 31.6. The van der Waals surface area contributed by atoms with Gasteiger partial charge >= 0.3 is 0 Å². The summed E-state index contributed by atoms with van der Waals surface area (Å²) >= 11 is 0. The molecule has 0 saturated carbocycles. The number of ether oxygens (including phenoxy) is 2. The van der Waals surface area contributed by atoms with Gasteiger partial charge in [-0.05, 0) is 100 Å². The molecule has 0 amide bonds. The van der Waals surface area contributed by atoms with Crippen LogP contribution in [0, 0.1) is 0 Å². The van der Waals surface area contributed by atoms with Gasteiger partial charge in [0.25, 0.3) is 5.95 Å². The Morgan fingerprint density at radius 2 is 1.09 bits per heavy atom. The minimum atomic E-state index is -1.87. The second-order valence-electron chi connectivity index (χ2n) is 13.4. The van der Waals surface area contributed by atoms with Crippen LogP contribution in [0.1, 0.15) is 41.5 Å². The second kappa shape index (κ2) is 11.3. The van der Waals surface area contributed by atoms with E-state index in [1.165, 1.54) is 0 Å². The summed E-state index contributed by atoms with van der Waals surface area (Å²) in [4.78, 5) is 0. The van der Waals surface area contributed by atoms with Crippen molar-refractivity contribution in [1.82, 2.24) is 0 Å².